The van der Waals surface area contributed by atoms with Crippen LogP contribution in [0.3, 0.4) is 0 Å². The van der Waals surface area contributed by atoms with Crippen molar-refractivity contribution >= 4 is 26.0 Å². The molecule has 0 unspecified atom stereocenters. The summed E-state index contributed by atoms with van der Waals surface area (Å²) in [7, 11) is -8.23. The van der Waals surface area contributed by atoms with E-state index in [9.17, 15) is 21.6 Å². The van der Waals surface area contributed by atoms with Gasteiger partial charge in [-0.25, -0.2) is 16.8 Å². The van der Waals surface area contributed by atoms with Gasteiger partial charge in [-0.05, 0) is 31.9 Å². The lowest BCUT2D eigenvalue weighted by atomic mass is 10.4. The molecule has 1 saturated heterocycles. The molecule has 23 heavy (non-hydrogen) atoms. The lowest BCUT2D eigenvalue weighted by molar-refractivity contribution is -0.138. The Kier molecular flexibility index (Phi) is 5.09. The number of carbonyl (C=O) groups is 1. The molecule has 2 rings (SSSR count). The maximum Gasteiger partial charge on any atom is 0.321 e. The predicted molar refractivity (Wildman–Crippen MR) is 81.9 cm³/mol. The number of benzene rings is 1. The summed E-state index contributed by atoms with van der Waals surface area (Å²) in [5.41, 5.74) is 0. The summed E-state index contributed by atoms with van der Waals surface area (Å²) in [6.07, 6.45) is 1.45. The van der Waals surface area contributed by atoms with E-state index in [0.717, 1.165) is 25.8 Å². The Morgan fingerprint density at radius 1 is 1.13 bits per heavy atom. The van der Waals surface area contributed by atoms with Gasteiger partial charge in [-0.1, -0.05) is 12.1 Å². The minimum atomic E-state index is -4.28. The highest BCUT2D eigenvalue weighted by atomic mass is 32.2. The maximum atomic E-state index is 12.6. The first kappa shape index (κ1) is 17.9. The molecule has 0 amide bonds. The van der Waals surface area contributed by atoms with Gasteiger partial charge in [-0.3, -0.25) is 4.79 Å². The van der Waals surface area contributed by atoms with Crippen molar-refractivity contribution in [1.29, 1.82) is 0 Å². The molecule has 2 N–H and O–H groups in total. The van der Waals surface area contributed by atoms with Gasteiger partial charge >= 0.3 is 5.97 Å². The first-order chi connectivity index (χ1) is 10.7. The molecular formula is C13H18N2O6S2. The van der Waals surface area contributed by atoms with Crippen molar-refractivity contribution in [2.75, 3.05) is 13.1 Å². The third-order valence-electron chi connectivity index (χ3n) is 3.52. The fourth-order valence-electron chi connectivity index (χ4n) is 2.30. The summed E-state index contributed by atoms with van der Waals surface area (Å²) in [6, 6.07) is 3.82. The lowest BCUT2D eigenvalue weighted by Gasteiger charge is -2.19. The number of carboxylic acid groups (broad SMARTS) is 1. The Morgan fingerprint density at radius 3 is 2.17 bits per heavy atom. The molecular weight excluding hydrogens is 344 g/mol. The van der Waals surface area contributed by atoms with Gasteiger partial charge in [0, 0.05) is 13.1 Å². The van der Waals surface area contributed by atoms with Crippen molar-refractivity contribution in [3.05, 3.63) is 24.3 Å². The predicted octanol–water partition coefficient (Wildman–Crippen LogP) is 0.223. The first-order valence-electron chi connectivity index (χ1n) is 7.00. The van der Waals surface area contributed by atoms with E-state index in [2.05, 4.69) is 0 Å². The molecule has 1 aromatic carbocycles. The summed E-state index contributed by atoms with van der Waals surface area (Å²) in [4.78, 5) is 10.1. The van der Waals surface area contributed by atoms with Gasteiger partial charge in [-0.2, -0.15) is 9.03 Å². The average molecular weight is 362 g/mol. The highest BCUT2D eigenvalue weighted by Gasteiger charge is 2.33. The van der Waals surface area contributed by atoms with E-state index in [1.54, 1.807) is 0 Å². The van der Waals surface area contributed by atoms with Crippen LogP contribution in [0.4, 0.5) is 0 Å². The Balaban J connectivity index is 2.47. The molecule has 1 heterocycles. The number of hydrogen-bond donors (Lipinski definition) is 2. The second kappa shape index (κ2) is 6.56. The number of carboxylic acids is 1. The third-order valence-corrected chi connectivity index (χ3v) is 7.21. The lowest BCUT2D eigenvalue weighted by Crippen LogP contribution is -2.39. The molecule has 8 nitrogen and oxygen atoms in total. The third kappa shape index (κ3) is 3.71. The zero-order valence-corrected chi connectivity index (χ0v) is 14.1. The molecule has 128 valence electrons. The molecule has 1 aliphatic rings. The highest BCUT2D eigenvalue weighted by molar-refractivity contribution is 7.92. The monoisotopic (exact) mass is 362 g/mol. The summed E-state index contributed by atoms with van der Waals surface area (Å²) >= 11 is 0. The SMILES string of the molecule is C[C@H](NS(=O)(=O)c1ccccc1S(=O)(=O)N1CCCC1)C(=O)O. The topological polar surface area (TPSA) is 121 Å². The summed E-state index contributed by atoms with van der Waals surface area (Å²) in [5, 5.41) is 8.84. The van der Waals surface area contributed by atoms with Crippen LogP contribution in [0.2, 0.25) is 0 Å². The van der Waals surface area contributed by atoms with Gasteiger partial charge in [0.2, 0.25) is 20.0 Å². The van der Waals surface area contributed by atoms with Gasteiger partial charge in [0.25, 0.3) is 0 Å². The summed E-state index contributed by atoms with van der Waals surface area (Å²) in [5.74, 6) is -1.35. The Labute approximate surface area is 135 Å². The van der Waals surface area contributed by atoms with Crippen molar-refractivity contribution in [3.63, 3.8) is 0 Å². The van der Waals surface area contributed by atoms with Crippen molar-refractivity contribution in [2.45, 2.75) is 35.6 Å². The van der Waals surface area contributed by atoms with Crippen molar-refractivity contribution < 1.29 is 26.7 Å². The number of aliphatic carboxylic acids is 1. The number of rotatable bonds is 6. The molecule has 0 aliphatic carbocycles. The van der Waals surface area contributed by atoms with Crippen LogP contribution < -0.4 is 4.72 Å². The van der Waals surface area contributed by atoms with E-state index in [0.29, 0.717) is 13.1 Å². The second-order valence-electron chi connectivity index (χ2n) is 5.24. The molecule has 0 saturated carbocycles. The van der Waals surface area contributed by atoms with Gasteiger partial charge in [-0.15, -0.1) is 0 Å². The minimum Gasteiger partial charge on any atom is -0.480 e. The smallest absolute Gasteiger partial charge is 0.321 e. The van der Waals surface area contributed by atoms with Gasteiger partial charge in [0.05, 0.1) is 0 Å². The fraction of sp³-hybridized carbons (Fsp3) is 0.462. The Bertz CT molecular complexity index is 798. The molecule has 1 atom stereocenters. The molecule has 0 bridgehead atoms. The van der Waals surface area contributed by atoms with Gasteiger partial charge in [0.1, 0.15) is 15.8 Å². The zero-order chi connectivity index (χ0) is 17.3. The molecule has 0 aromatic heterocycles. The fourth-order valence-corrected chi connectivity index (χ4v) is 5.82. The van der Waals surface area contributed by atoms with Crippen LogP contribution in [-0.2, 0) is 24.8 Å². The molecule has 1 aromatic rings. The molecule has 0 radical (unpaired) electrons. The molecule has 0 spiro atoms. The summed E-state index contributed by atoms with van der Waals surface area (Å²) < 4.78 is 53.2. The van der Waals surface area contributed by atoms with Crippen molar-refractivity contribution in [2.24, 2.45) is 0 Å². The van der Waals surface area contributed by atoms with E-state index in [-0.39, 0.29) is 4.90 Å². The van der Waals surface area contributed by atoms with Gasteiger partial charge < -0.3 is 5.11 Å². The Hall–Kier alpha value is -1.49. The largest absolute Gasteiger partial charge is 0.480 e. The van der Waals surface area contributed by atoms with E-state index < -0.39 is 37.0 Å². The first-order valence-corrected chi connectivity index (χ1v) is 9.93. The van der Waals surface area contributed by atoms with Crippen molar-refractivity contribution in [1.82, 2.24) is 9.03 Å². The van der Waals surface area contributed by atoms with E-state index in [1.165, 1.54) is 22.5 Å². The average Bonchev–Trinajstić information content (AvgIpc) is 3.01. The van der Waals surface area contributed by atoms with Crippen LogP contribution in [0.25, 0.3) is 0 Å². The zero-order valence-electron chi connectivity index (χ0n) is 12.5. The molecule has 1 fully saturated rings. The standard InChI is InChI=1S/C13H18N2O6S2/c1-10(13(16)17)14-22(18,19)11-6-2-3-7-12(11)23(20,21)15-8-4-5-9-15/h2-3,6-7,10,14H,4-5,8-9H2,1H3,(H,16,17)/t10-/m0/s1. The minimum absolute atomic E-state index is 0.341. The number of nitrogens with one attached hydrogen (secondary N) is 1. The van der Waals surface area contributed by atoms with E-state index in [4.69, 9.17) is 5.11 Å². The maximum absolute atomic E-state index is 12.6. The molecule has 10 heteroatoms. The quantitative estimate of drug-likeness (QED) is 0.747. The Morgan fingerprint density at radius 2 is 1.65 bits per heavy atom. The van der Waals surface area contributed by atoms with Crippen LogP contribution in [-0.4, -0.2) is 51.3 Å². The van der Waals surface area contributed by atoms with Gasteiger partial charge in [0.15, 0.2) is 0 Å². The number of nitrogens with zero attached hydrogens (tertiary/aromatic N) is 1. The van der Waals surface area contributed by atoms with Crippen LogP contribution in [0.5, 0.6) is 0 Å². The second-order valence-corrected chi connectivity index (χ2v) is 8.83. The number of hydrogen-bond acceptors (Lipinski definition) is 5. The normalized spacial score (nSPS) is 18.0. The van der Waals surface area contributed by atoms with Crippen LogP contribution >= 0.6 is 0 Å². The van der Waals surface area contributed by atoms with Crippen LogP contribution in [0.1, 0.15) is 19.8 Å². The number of sulfonamides is 2. The van der Waals surface area contributed by atoms with Crippen LogP contribution in [0, 0.1) is 0 Å². The van der Waals surface area contributed by atoms with Crippen molar-refractivity contribution in [3.8, 4) is 0 Å². The van der Waals surface area contributed by atoms with Crippen LogP contribution in [0.15, 0.2) is 34.1 Å². The molecule has 1 aliphatic heterocycles. The highest BCUT2D eigenvalue weighted by Crippen LogP contribution is 2.26. The summed E-state index contributed by atoms with van der Waals surface area (Å²) in [6.45, 7) is 1.85. The van der Waals surface area contributed by atoms with E-state index in [1.807, 2.05) is 4.72 Å². The van der Waals surface area contributed by atoms with E-state index >= 15 is 0 Å².